The molecule has 0 bridgehead atoms. The van der Waals surface area contributed by atoms with Gasteiger partial charge in [0.25, 0.3) is 5.91 Å². The van der Waals surface area contributed by atoms with Gasteiger partial charge in [0.15, 0.2) is 11.7 Å². The van der Waals surface area contributed by atoms with E-state index >= 15 is 0 Å². The van der Waals surface area contributed by atoms with Crippen molar-refractivity contribution in [2.75, 3.05) is 26.7 Å². The second-order valence-electron chi connectivity index (χ2n) is 6.60. The molecule has 0 aliphatic heterocycles. The fourth-order valence-corrected chi connectivity index (χ4v) is 3.01. The molecule has 1 aliphatic rings. The van der Waals surface area contributed by atoms with E-state index in [1.807, 2.05) is 6.92 Å². The van der Waals surface area contributed by atoms with Crippen LogP contribution in [-0.4, -0.2) is 38.5 Å². The van der Waals surface area contributed by atoms with Gasteiger partial charge in [0.2, 0.25) is 0 Å². The van der Waals surface area contributed by atoms with Gasteiger partial charge < -0.3 is 20.4 Å². The van der Waals surface area contributed by atoms with Crippen LogP contribution in [0.2, 0.25) is 0 Å². The van der Waals surface area contributed by atoms with Crippen LogP contribution in [0.1, 0.15) is 55.1 Å². The van der Waals surface area contributed by atoms with Crippen LogP contribution in [-0.2, 0) is 0 Å². The topological polar surface area (TPSA) is 78.7 Å². The average molecular weight is 462 g/mol. The van der Waals surface area contributed by atoms with Crippen LogP contribution in [0, 0.1) is 12.3 Å². The van der Waals surface area contributed by atoms with E-state index in [0.717, 1.165) is 31.0 Å². The maximum atomic E-state index is 11.9. The zero-order valence-electron chi connectivity index (χ0n) is 15.5. The summed E-state index contributed by atoms with van der Waals surface area (Å²) in [6.07, 6.45) is 7.54. The van der Waals surface area contributed by atoms with Crippen LogP contribution in [0.15, 0.2) is 21.7 Å². The number of nitrogens with one attached hydrogen (secondary N) is 3. The van der Waals surface area contributed by atoms with Gasteiger partial charge in [-0.3, -0.25) is 9.79 Å². The molecule has 0 atom stereocenters. The van der Waals surface area contributed by atoms with Crippen LogP contribution in [0.25, 0.3) is 0 Å². The molecule has 1 aromatic heterocycles. The zero-order valence-corrected chi connectivity index (χ0v) is 17.8. The molecule has 0 radical (unpaired) electrons. The number of hydrogen-bond donors (Lipinski definition) is 3. The summed E-state index contributed by atoms with van der Waals surface area (Å²) in [6.45, 7) is 6.47. The third-order valence-corrected chi connectivity index (χ3v) is 5.02. The molecule has 0 saturated heterocycles. The summed E-state index contributed by atoms with van der Waals surface area (Å²) in [5, 5.41) is 9.60. The Bertz CT molecular complexity index is 562. The summed E-state index contributed by atoms with van der Waals surface area (Å²) in [7, 11) is 1.79. The van der Waals surface area contributed by atoms with E-state index in [2.05, 4.69) is 27.9 Å². The van der Waals surface area contributed by atoms with Crippen LogP contribution in [0.3, 0.4) is 0 Å². The van der Waals surface area contributed by atoms with Crippen molar-refractivity contribution in [2.24, 2.45) is 10.4 Å². The maximum Gasteiger partial charge on any atom is 0.287 e. The van der Waals surface area contributed by atoms with Crippen molar-refractivity contribution in [1.82, 2.24) is 16.0 Å². The number of carbonyl (C=O) groups is 1. The first-order valence-corrected chi connectivity index (χ1v) is 8.87. The monoisotopic (exact) mass is 462 g/mol. The highest BCUT2D eigenvalue weighted by Crippen LogP contribution is 2.42. The number of furan rings is 1. The largest absolute Gasteiger partial charge is 0.459 e. The minimum absolute atomic E-state index is 0. The molecular weight excluding hydrogens is 431 g/mol. The van der Waals surface area contributed by atoms with Gasteiger partial charge in [-0.25, -0.2) is 0 Å². The van der Waals surface area contributed by atoms with Gasteiger partial charge in [-0.2, -0.15) is 0 Å². The van der Waals surface area contributed by atoms with Crippen molar-refractivity contribution < 1.29 is 9.21 Å². The fraction of sp³-hybridized carbons (Fsp3) is 0.667. The Kier molecular flexibility index (Phi) is 9.31. The normalized spacial score (nSPS) is 15.7. The number of hydrogen-bond acceptors (Lipinski definition) is 3. The number of aryl methyl sites for hydroxylation is 1. The molecule has 1 aromatic rings. The number of amides is 1. The Morgan fingerprint density at radius 3 is 2.52 bits per heavy atom. The molecular formula is C18H31IN4O2. The molecule has 0 aromatic carbocycles. The van der Waals surface area contributed by atoms with E-state index in [9.17, 15) is 4.79 Å². The predicted molar refractivity (Wildman–Crippen MR) is 112 cm³/mol. The van der Waals surface area contributed by atoms with E-state index in [-0.39, 0.29) is 29.9 Å². The molecule has 6 nitrogen and oxygen atoms in total. The number of carbonyl (C=O) groups excluding carboxylic acids is 1. The first kappa shape index (κ1) is 21.8. The van der Waals surface area contributed by atoms with Crippen LogP contribution in [0.5, 0.6) is 0 Å². The molecule has 1 aliphatic carbocycles. The summed E-state index contributed by atoms with van der Waals surface area (Å²) in [6, 6.07) is 1.79. The van der Waals surface area contributed by atoms with Gasteiger partial charge in [-0.1, -0.05) is 13.3 Å². The minimum Gasteiger partial charge on any atom is -0.459 e. The van der Waals surface area contributed by atoms with Crippen molar-refractivity contribution >= 4 is 35.8 Å². The molecule has 1 heterocycles. The van der Waals surface area contributed by atoms with Gasteiger partial charge >= 0.3 is 0 Å². The molecule has 1 saturated carbocycles. The lowest BCUT2D eigenvalue weighted by Gasteiger charge is -2.41. The van der Waals surface area contributed by atoms with E-state index in [1.165, 1.54) is 31.9 Å². The van der Waals surface area contributed by atoms with E-state index < -0.39 is 0 Å². The molecule has 3 N–H and O–H groups in total. The Morgan fingerprint density at radius 1 is 1.28 bits per heavy atom. The second-order valence-corrected chi connectivity index (χ2v) is 6.60. The number of halogens is 1. The van der Waals surface area contributed by atoms with Crippen LogP contribution < -0.4 is 16.0 Å². The zero-order chi connectivity index (χ0) is 17.4. The third kappa shape index (κ3) is 6.20. The summed E-state index contributed by atoms with van der Waals surface area (Å²) < 4.78 is 5.17. The molecule has 7 heteroatoms. The van der Waals surface area contributed by atoms with Gasteiger partial charge in [-0.15, -0.1) is 24.0 Å². The van der Waals surface area contributed by atoms with E-state index in [0.29, 0.717) is 17.7 Å². The smallest absolute Gasteiger partial charge is 0.287 e. The van der Waals surface area contributed by atoms with Gasteiger partial charge in [-0.05, 0) is 44.1 Å². The fourth-order valence-electron chi connectivity index (χ4n) is 3.01. The lowest BCUT2D eigenvalue weighted by molar-refractivity contribution is 0.0925. The molecule has 142 valence electrons. The highest BCUT2D eigenvalue weighted by atomic mass is 127. The Labute approximate surface area is 167 Å². The van der Waals surface area contributed by atoms with Crippen LogP contribution >= 0.6 is 24.0 Å². The quantitative estimate of drug-likeness (QED) is 0.240. The summed E-state index contributed by atoms with van der Waals surface area (Å²) in [4.78, 5) is 16.2. The summed E-state index contributed by atoms with van der Waals surface area (Å²) >= 11 is 0. The molecule has 0 spiro atoms. The molecule has 25 heavy (non-hydrogen) atoms. The number of aliphatic imine (C=N–C) groups is 1. The number of guanidine groups is 1. The second kappa shape index (κ2) is 10.7. The first-order valence-electron chi connectivity index (χ1n) is 8.87. The molecule has 1 fully saturated rings. The summed E-state index contributed by atoms with van der Waals surface area (Å²) in [5.74, 6) is 1.07. The van der Waals surface area contributed by atoms with E-state index in [1.54, 1.807) is 13.1 Å². The minimum atomic E-state index is -0.158. The first-order chi connectivity index (χ1) is 11.6. The van der Waals surface area contributed by atoms with Crippen molar-refractivity contribution in [3.05, 3.63) is 23.7 Å². The van der Waals surface area contributed by atoms with Crippen molar-refractivity contribution in [3.8, 4) is 0 Å². The van der Waals surface area contributed by atoms with Gasteiger partial charge in [0.1, 0.15) is 0 Å². The van der Waals surface area contributed by atoms with Gasteiger partial charge in [0.05, 0.1) is 6.26 Å². The average Bonchev–Trinajstić information content (AvgIpc) is 2.97. The Balaban J connectivity index is 0.00000312. The van der Waals surface area contributed by atoms with Crippen molar-refractivity contribution in [1.29, 1.82) is 0 Å². The standard InChI is InChI=1S/C18H30N4O2.HI/c1-4-18(8-5-9-18)13-22-17(19-3)21-11-6-10-20-16(23)15-14(2)7-12-24-15;/h7,12H,4-6,8-11,13H2,1-3H3,(H,20,23)(H2,19,21,22);1H. The molecule has 2 rings (SSSR count). The summed E-state index contributed by atoms with van der Waals surface area (Å²) in [5.41, 5.74) is 1.32. The Morgan fingerprint density at radius 2 is 2.00 bits per heavy atom. The lowest BCUT2D eigenvalue weighted by Crippen LogP contribution is -2.46. The molecule has 0 unspecified atom stereocenters. The van der Waals surface area contributed by atoms with E-state index in [4.69, 9.17) is 4.42 Å². The molecule has 1 amide bonds. The Hall–Kier alpha value is -1.25. The third-order valence-electron chi connectivity index (χ3n) is 5.02. The van der Waals surface area contributed by atoms with Crippen molar-refractivity contribution in [3.63, 3.8) is 0 Å². The van der Waals surface area contributed by atoms with Crippen LogP contribution in [0.4, 0.5) is 0 Å². The number of nitrogens with zero attached hydrogens (tertiary/aromatic N) is 1. The maximum absolute atomic E-state index is 11.9. The highest BCUT2D eigenvalue weighted by Gasteiger charge is 2.34. The predicted octanol–water partition coefficient (Wildman–Crippen LogP) is 3.07. The lowest BCUT2D eigenvalue weighted by atomic mass is 9.67. The van der Waals surface area contributed by atoms with Gasteiger partial charge in [0, 0.05) is 32.2 Å². The van der Waals surface area contributed by atoms with Crippen molar-refractivity contribution in [2.45, 2.75) is 46.0 Å². The SMILES string of the molecule is CCC1(CNC(=NC)NCCCNC(=O)c2occc2C)CCC1.I. The number of rotatable bonds is 8. The highest BCUT2D eigenvalue weighted by molar-refractivity contribution is 14.0.